The smallest absolute Gasteiger partial charge is 0.269 e. The van der Waals surface area contributed by atoms with Gasteiger partial charge in [0.1, 0.15) is 5.78 Å². The molecule has 7 nitrogen and oxygen atoms in total. The number of nitrogens with zero attached hydrogens (tertiary/aromatic N) is 1. The Morgan fingerprint density at radius 1 is 0.912 bits per heavy atom. The molecule has 4 unspecified atom stereocenters. The third-order valence-electron chi connectivity index (χ3n) is 6.41. The van der Waals surface area contributed by atoms with E-state index in [1.807, 2.05) is 0 Å². The molecule has 1 aliphatic rings. The Morgan fingerprint density at radius 3 is 2.03 bits per heavy atom. The standard InChI is InChI=1S/C27H23NO6/c1-27(32)16-21(29)23(25(30)17-9-4-2-5-10-17)22(19-13-8-14-20(15-19)28(33)34)24(27)26(31)18-11-6-3-7-12-18/h2-15,22-24,32H,16H2,1H3. The van der Waals surface area contributed by atoms with E-state index in [1.165, 1.54) is 25.1 Å². The number of benzene rings is 3. The number of carbonyl (C=O) groups excluding carboxylic acids is 3. The molecule has 1 N–H and O–H groups in total. The molecule has 3 aromatic carbocycles. The zero-order valence-corrected chi connectivity index (χ0v) is 18.5. The van der Waals surface area contributed by atoms with E-state index in [0.29, 0.717) is 11.1 Å². The highest BCUT2D eigenvalue weighted by Crippen LogP contribution is 2.48. The summed E-state index contributed by atoms with van der Waals surface area (Å²) in [4.78, 5) is 51.5. The summed E-state index contributed by atoms with van der Waals surface area (Å²) in [5, 5.41) is 22.8. The number of aliphatic hydroxyl groups is 1. The first kappa shape index (κ1) is 23.2. The van der Waals surface area contributed by atoms with Crippen LogP contribution in [0.25, 0.3) is 0 Å². The van der Waals surface area contributed by atoms with E-state index in [2.05, 4.69) is 0 Å². The summed E-state index contributed by atoms with van der Waals surface area (Å²) in [6.07, 6.45) is -0.384. The molecule has 7 heteroatoms. The van der Waals surface area contributed by atoms with Gasteiger partial charge in [-0.1, -0.05) is 72.8 Å². The molecule has 0 amide bonds. The van der Waals surface area contributed by atoms with Gasteiger partial charge in [-0.25, -0.2) is 0 Å². The number of Topliss-reactive ketones (excluding diaryl/α,β-unsaturated/α-hetero) is 3. The van der Waals surface area contributed by atoms with Crippen LogP contribution in [0, 0.1) is 22.0 Å². The first-order valence-electron chi connectivity index (χ1n) is 10.9. The monoisotopic (exact) mass is 457 g/mol. The van der Waals surface area contributed by atoms with Gasteiger partial charge in [0, 0.05) is 35.6 Å². The maximum absolute atomic E-state index is 13.7. The average Bonchev–Trinajstić information content (AvgIpc) is 2.83. The van der Waals surface area contributed by atoms with Crippen LogP contribution in [0.4, 0.5) is 5.69 Å². The van der Waals surface area contributed by atoms with E-state index in [9.17, 15) is 29.6 Å². The minimum atomic E-state index is -1.76. The maximum atomic E-state index is 13.7. The molecule has 34 heavy (non-hydrogen) atoms. The van der Waals surface area contributed by atoms with Gasteiger partial charge >= 0.3 is 0 Å². The van der Waals surface area contributed by atoms with Crippen LogP contribution in [-0.4, -0.2) is 33.0 Å². The minimum absolute atomic E-state index is 0.230. The quantitative estimate of drug-likeness (QED) is 0.254. The zero-order chi connectivity index (χ0) is 24.5. The van der Waals surface area contributed by atoms with E-state index in [0.717, 1.165) is 0 Å². The second-order valence-electron chi connectivity index (χ2n) is 8.79. The van der Waals surface area contributed by atoms with Crippen LogP contribution in [0.15, 0.2) is 84.9 Å². The number of non-ortho nitro benzene ring substituents is 1. The van der Waals surface area contributed by atoms with E-state index in [1.54, 1.807) is 66.7 Å². The van der Waals surface area contributed by atoms with Gasteiger partial charge in [0.15, 0.2) is 11.6 Å². The SMILES string of the molecule is CC1(O)CC(=O)C(C(=O)c2ccccc2)C(c2cccc([N+](=O)[O-])c2)C1C(=O)c1ccccc1. The van der Waals surface area contributed by atoms with Crippen molar-refractivity contribution in [1.82, 2.24) is 0 Å². The summed E-state index contributed by atoms with van der Waals surface area (Å²) in [5.74, 6) is -4.96. The summed E-state index contributed by atoms with van der Waals surface area (Å²) in [6.45, 7) is 1.41. The topological polar surface area (TPSA) is 115 Å². The van der Waals surface area contributed by atoms with Crippen molar-refractivity contribution in [2.24, 2.45) is 11.8 Å². The lowest BCUT2D eigenvalue weighted by Crippen LogP contribution is -2.54. The van der Waals surface area contributed by atoms with Crippen LogP contribution in [0.5, 0.6) is 0 Å². The number of carbonyl (C=O) groups is 3. The number of ketones is 3. The molecule has 0 aromatic heterocycles. The molecule has 0 spiro atoms. The van der Waals surface area contributed by atoms with Gasteiger partial charge in [0.05, 0.1) is 22.4 Å². The van der Waals surface area contributed by atoms with E-state index < -0.39 is 45.6 Å². The van der Waals surface area contributed by atoms with Crippen molar-refractivity contribution in [1.29, 1.82) is 0 Å². The summed E-state index contributed by atoms with van der Waals surface area (Å²) in [6, 6.07) is 22.2. The van der Waals surface area contributed by atoms with Crippen molar-refractivity contribution >= 4 is 23.0 Å². The van der Waals surface area contributed by atoms with Crippen molar-refractivity contribution in [3.05, 3.63) is 112 Å². The van der Waals surface area contributed by atoms with Crippen molar-refractivity contribution in [2.45, 2.75) is 24.9 Å². The van der Waals surface area contributed by atoms with Gasteiger partial charge in [-0.05, 0) is 12.5 Å². The predicted molar refractivity (Wildman–Crippen MR) is 125 cm³/mol. The fourth-order valence-corrected chi connectivity index (χ4v) is 4.90. The molecule has 1 saturated carbocycles. The molecular weight excluding hydrogens is 434 g/mol. The molecule has 0 aliphatic heterocycles. The molecule has 0 heterocycles. The van der Waals surface area contributed by atoms with Crippen LogP contribution >= 0.6 is 0 Å². The minimum Gasteiger partial charge on any atom is -0.389 e. The Hall–Kier alpha value is -3.97. The highest BCUT2D eigenvalue weighted by atomic mass is 16.6. The third-order valence-corrected chi connectivity index (χ3v) is 6.41. The highest BCUT2D eigenvalue weighted by molar-refractivity contribution is 6.13. The Balaban J connectivity index is 1.92. The Labute approximate surface area is 196 Å². The Kier molecular flexibility index (Phi) is 6.22. The largest absolute Gasteiger partial charge is 0.389 e. The van der Waals surface area contributed by atoms with Gasteiger partial charge in [-0.15, -0.1) is 0 Å². The fourth-order valence-electron chi connectivity index (χ4n) is 4.90. The predicted octanol–water partition coefficient (Wildman–Crippen LogP) is 4.40. The van der Waals surface area contributed by atoms with Crippen molar-refractivity contribution < 1.29 is 24.4 Å². The lowest BCUT2D eigenvalue weighted by atomic mass is 9.58. The van der Waals surface area contributed by atoms with E-state index >= 15 is 0 Å². The highest BCUT2D eigenvalue weighted by Gasteiger charge is 2.55. The third kappa shape index (κ3) is 4.30. The number of nitro benzene ring substituents is 1. The summed E-state index contributed by atoms with van der Waals surface area (Å²) >= 11 is 0. The van der Waals surface area contributed by atoms with Crippen molar-refractivity contribution in [2.75, 3.05) is 0 Å². The van der Waals surface area contributed by atoms with Crippen LogP contribution in [0.3, 0.4) is 0 Å². The number of hydrogen-bond donors (Lipinski definition) is 1. The fraction of sp³-hybridized carbons (Fsp3) is 0.222. The molecule has 1 aliphatic carbocycles. The van der Waals surface area contributed by atoms with Crippen LogP contribution in [-0.2, 0) is 4.79 Å². The van der Waals surface area contributed by atoms with Gasteiger partial charge in [-0.3, -0.25) is 24.5 Å². The lowest BCUT2D eigenvalue weighted by Gasteiger charge is -2.44. The molecule has 1 fully saturated rings. The van der Waals surface area contributed by atoms with Crippen molar-refractivity contribution in [3.8, 4) is 0 Å². The van der Waals surface area contributed by atoms with Crippen LogP contribution in [0.1, 0.15) is 45.5 Å². The Bertz CT molecular complexity index is 1250. The van der Waals surface area contributed by atoms with E-state index in [-0.39, 0.29) is 17.7 Å². The van der Waals surface area contributed by atoms with Gasteiger partial charge < -0.3 is 5.11 Å². The lowest BCUT2D eigenvalue weighted by molar-refractivity contribution is -0.385. The average molecular weight is 457 g/mol. The molecule has 0 radical (unpaired) electrons. The first-order chi connectivity index (χ1) is 16.2. The second-order valence-corrected chi connectivity index (χ2v) is 8.79. The molecular formula is C27H23NO6. The molecule has 3 aromatic rings. The normalized spacial score (nSPS) is 24.4. The molecule has 4 rings (SSSR count). The zero-order valence-electron chi connectivity index (χ0n) is 18.5. The number of rotatable bonds is 6. The summed E-state index contributed by atoms with van der Waals surface area (Å²) < 4.78 is 0. The van der Waals surface area contributed by atoms with E-state index in [4.69, 9.17) is 0 Å². The first-order valence-corrected chi connectivity index (χ1v) is 10.9. The van der Waals surface area contributed by atoms with Gasteiger partial charge in [0.2, 0.25) is 0 Å². The van der Waals surface area contributed by atoms with Crippen LogP contribution in [0.2, 0.25) is 0 Å². The summed E-state index contributed by atoms with van der Waals surface area (Å²) in [7, 11) is 0. The van der Waals surface area contributed by atoms with Gasteiger partial charge in [0.25, 0.3) is 5.69 Å². The van der Waals surface area contributed by atoms with Crippen LogP contribution < -0.4 is 0 Å². The summed E-state index contributed by atoms with van der Waals surface area (Å²) in [5.41, 5.74) is -1.09. The Morgan fingerprint density at radius 2 is 1.47 bits per heavy atom. The molecule has 0 saturated heterocycles. The van der Waals surface area contributed by atoms with Gasteiger partial charge in [-0.2, -0.15) is 0 Å². The maximum Gasteiger partial charge on any atom is 0.269 e. The molecule has 4 atom stereocenters. The number of hydrogen-bond acceptors (Lipinski definition) is 6. The molecule has 172 valence electrons. The molecule has 0 bridgehead atoms. The van der Waals surface area contributed by atoms with Crippen molar-refractivity contribution in [3.63, 3.8) is 0 Å². The second kappa shape index (κ2) is 9.11. The number of nitro groups is 1.